The van der Waals surface area contributed by atoms with Gasteiger partial charge in [0.1, 0.15) is 5.82 Å². The fraction of sp³-hybridized carbons (Fsp3) is 0.235. The van der Waals surface area contributed by atoms with E-state index in [-0.39, 0.29) is 11.8 Å². The zero-order chi connectivity index (χ0) is 15.0. The van der Waals surface area contributed by atoms with Crippen molar-refractivity contribution in [2.45, 2.75) is 18.3 Å². The molecule has 0 unspecified atom stereocenters. The Morgan fingerprint density at radius 1 is 1.19 bits per heavy atom. The Hall–Kier alpha value is -1.68. The van der Waals surface area contributed by atoms with Crippen LogP contribution in [0.15, 0.2) is 46.9 Å². The van der Waals surface area contributed by atoms with Crippen LogP contribution in [0.5, 0.6) is 0 Å². The lowest BCUT2D eigenvalue weighted by molar-refractivity contribution is -0.143. The van der Waals surface area contributed by atoms with E-state index in [1.54, 1.807) is 6.07 Å². The molecule has 0 saturated heterocycles. The van der Waals surface area contributed by atoms with E-state index in [9.17, 15) is 9.18 Å². The van der Waals surface area contributed by atoms with E-state index in [0.717, 1.165) is 24.0 Å². The minimum atomic E-state index is -0.481. The summed E-state index contributed by atoms with van der Waals surface area (Å²) in [4.78, 5) is 11.9. The lowest BCUT2D eigenvalue weighted by Crippen LogP contribution is -2.21. The van der Waals surface area contributed by atoms with Crippen molar-refractivity contribution in [3.05, 3.63) is 58.3 Å². The quantitative estimate of drug-likeness (QED) is 0.765. The highest BCUT2D eigenvalue weighted by Crippen LogP contribution is 2.49. The predicted molar refractivity (Wildman–Crippen MR) is 82.5 cm³/mol. The van der Waals surface area contributed by atoms with Crippen LogP contribution in [-0.2, 0) is 14.9 Å². The molecule has 2 nitrogen and oxygen atoms in total. The highest BCUT2D eigenvalue weighted by atomic mass is 79.9. The highest BCUT2D eigenvalue weighted by Gasteiger charge is 2.52. The molecule has 0 aliphatic heterocycles. The summed E-state index contributed by atoms with van der Waals surface area (Å²) in [5.74, 6) is -0.462. The van der Waals surface area contributed by atoms with Crippen molar-refractivity contribution < 1.29 is 13.9 Å². The van der Waals surface area contributed by atoms with Crippen LogP contribution >= 0.6 is 15.9 Å². The molecule has 0 aromatic heterocycles. The molecule has 1 aliphatic rings. The third-order valence-electron chi connectivity index (χ3n) is 4.01. The number of halogens is 2. The Morgan fingerprint density at radius 3 is 2.38 bits per heavy atom. The van der Waals surface area contributed by atoms with Crippen LogP contribution in [0.1, 0.15) is 18.4 Å². The summed E-state index contributed by atoms with van der Waals surface area (Å²) < 4.78 is 19.5. The second-order valence-corrected chi connectivity index (χ2v) is 6.19. The van der Waals surface area contributed by atoms with Gasteiger partial charge in [-0.25, -0.2) is 4.39 Å². The number of carbonyl (C=O) groups is 1. The van der Waals surface area contributed by atoms with E-state index < -0.39 is 5.41 Å². The first-order chi connectivity index (χ1) is 10.1. The smallest absolute Gasteiger partial charge is 0.316 e. The van der Waals surface area contributed by atoms with Crippen molar-refractivity contribution in [1.29, 1.82) is 0 Å². The summed E-state index contributed by atoms with van der Waals surface area (Å²) in [5, 5.41) is 0. The number of esters is 1. The third kappa shape index (κ3) is 2.48. The Balaban J connectivity index is 1.93. The third-order valence-corrected chi connectivity index (χ3v) is 4.50. The molecule has 0 amide bonds. The van der Waals surface area contributed by atoms with Crippen molar-refractivity contribution in [1.82, 2.24) is 0 Å². The maximum atomic E-state index is 14.0. The summed E-state index contributed by atoms with van der Waals surface area (Å²) >= 11 is 3.25. The zero-order valence-corrected chi connectivity index (χ0v) is 13.1. The van der Waals surface area contributed by atoms with E-state index >= 15 is 0 Å². The number of hydrogen-bond acceptors (Lipinski definition) is 2. The van der Waals surface area contributed by atoms with E-state index in [4.69, 9.17) is 4.74 Å². The van der Waals surface area contributed by atoms with E-state index in [1.165, 1.54) is 13.2 Å². The van der Waals surface area contributed by atoms with Gasteiger partial charge in [0.25, 0.3) is 0 Å². The normalized spacial score (nSPS) is 15.6. The SMILES string of the molecule is COC(=O)C1(c2ccc(-c3ccc(Br)cc3F)cc2)CC1. The molecule has 1 fully saturated rings. The van der Waals surface area contributed by atoms with Crippen LogP contribution < -0.4 is 0 Å². The van der Waals surface area contributed by atoms with Crippen LogP contribution in [0.3, 0.4) is 0 Å². The van der Waals surface area contributed by atoms with Gasteiger partial charge in [-0.1, -0.05) is 46.3 Å². The van der Waals surface area contributed by atoms with Crippen LogP contribution in [0.4, 0.5) is 4.39 Å². The number of carbonyl (C=O) groups excluding carboxylic acids is 1. The Morgan fingerprint density at radius 2 is 1.86 bits per heavy atom. The largest absolute Gasteiger partial charge is 0.468 e. The maximum Gasteiger partial charge on any atom is 0.316 e. The summed E-state index contributed by atoms with van der Waals surface area (Å²) in [6.45, 7) is 0. The highest BCUT2D eigenvalue weighted by molar-refractivity contribution is 9.10. The predicted octanol–water partition coefficient (Wildman–Crippen LogP) is 4.46. The Bertz CT molecular complexity index is 690. The van der Waals surface area contributed by atoms with Crippen LogP contribution in [0.25, 0.3) is 11.1 Å². The van der Waals surface area contributed by atoms with E-state index in [0.29, 0.717) is 10.0 Å². The van der Waals surface area contributed by atoms with Gasteiger partial charge in [-0.05, 0) is 36.1 Å². The molecule has 3 rings (SSSR count). The van der Waals surface area contributed by atoms with E-state index in [1.807, 2.05) is 30.3 Å². The molecule has 1 aliphatic carbocycles. The molecule has 21 heavy (non-hydrogen) atoms. The van der Waals surface area contributed by atoms with Crippen molar-refractivity contribution >= 4 is 21.9 Å². The molecule has 1 saturated carbocycles. The fourth-order valence-electron chi connectivity index (χ4n) is 2.62. The molecule has 0 bridgehead atoms. The molecule has 4 heteroatoms. The van der Waals surface area contributed by atoms with E-state index in [2.05, 4.69) is 15.9 Å². The standard InChI is InChI=1S/C17H14BrFO2/c1-21-16(20)17(8-9-17)12-4-2-11(3-5-12)14-7-6-13(18)10-15(14)19/h2-7,10H,8-9H2,1H3. The first kappa shape index (κ1) is 14.3. The average Bonchev–Trinajstić information content (AvgIpc) is 3.28. The van der Waals surface area contributed by atoms with Gasteiger partial charge in [0.2, 0.25) is 0 Å². The molecule has 2 aromatic carbocycles. The van der Waals surface area contributed by atoms with Gasteiger partial charge in [-0.3, -0.25) is 4.79 Å². The summed E-state index contributed by atoms with van der Waals surface area (Å²) in [6, 6.07) is 12.5. The average molecular weight is 349 g/mol. The van der Waals surface area contributed by atoms with Crippen LogP contribution in [0, 0.1) is 5.82 Å². The van der Waals surface area contributed by atoms with Gasteiger partial charge in [-0.15, -0.1) is 0 Å². The molecule has 0 atom stereocenters. The molecular formula is C17H14BrFO2. The molecule has 0 spiro atoms. The summed E-state index contributed by atoms with van der Waals surface area (Å²) in [5.41, 5.74) is 1.80. The number of rotatable bonds is 3. The minimum Gasteiger partial charge on any atom is -0.468 e. The first-order valence-electron chi connectivity index (χ1n) is 6.71. The van der Waals surface area contributed by atoms with Gasteiger partial charge in [0.15, 0.2) is 0 Å². The molecular weight excluding hydrogens is 335 g/mol. The molecule has 0 heterocycles. The fourth-order valence-corrected chi connectivity index (χ4v) is 2.96. The second-order valence-electron chi connectivity index (χ2n) is 5.28. The van der Waals surface area contributed by atoms with Gasteiger partial charge in [0.05, 0.1) is 12.5 Å². The summed E-state index contributed by atoms with van der Waals surface area (Å²) in [7, 11) is 1.41. The van der Waals surface area contributed by atoms with Gasteiger partial charge < -0.3 is 4.74 Å². The lowest BCUT2D eigenvalue weighted by atomic mass is 9.93. The van der Waals surface area contributed by atoms with Gasteiger partial charge in [-0.2, -0.15) is 0 Å². The molecule has 108 valence electrons. The maximum absolute atomic E-state index is 14.0. The Kier molecular flexibility index (Phi) is 3.57. The second kappa shape index (κ2) is 5.26. The van der Waals surface area contributed by atoms with Gasteiger partial charge >= 0.3 is 5.97 Å². The number of benzene rings is 2. The van der Waals surface area contributed by atoms with Crippen molar-refractivity contribution in [3.8, 4) is 11.1 Å². The van der Waals surface area contributed by atoms with Crippen LogP contribution in [0.2, 0.25) is 0 Å². The first-order valence-corrected chi connectivity index (χ1v) is 7.50. The lowest BCUT2D eigenvalue weighted by Gasteiger charge is -2.13. The van der Waals surface area contributed by atoms with Gasteiger partial charge in [0, 0.05) is 10.0 Å². The minimum absolute atomic E-state index is 0.190. The summed E-state index contributed by atoms with van der Waals surface area (Å²) in [6.07, 6.45) is 1.62. The molecule has 2 aromatic rings. The van der Waals surface area contributed by atoms with Crippen molar-refractivity contribution in [3.63, 3.8) is 0 Å². The topological polar surface area (TPSA) is 26.3 Å². The van der Waals surface area contributed by atoms with Crippen molar-refractivity contribution in [2.75, 3.05) is 7.11 Å². The monoisotopic (exact) mass is 348 g/mol. The Labute approximate surface area is 131 Å². The zero-order valence-electron chi connectivity index (χ0n) is 11.5. The number of hydrogen-bond donors (Lipinski definition) is 0. The number of methoxy groups -OCH3 is 1. The molecule has 0 N–H and O–H groups in total. The van der Waals surface area contributed by atoms with Crippen molar-refractivity contribution in [2.24, 2.45) is 0 Å². The molecule has 0 radical (unpaired) electrons. The van der Waals surface area contributed by atoms with Crippen LogP contribution in [-0.4, -0.2) is 13.1 Å². The number of ether oxygens (including phenoxy) is 1.